The van der Waals surface area contributed by atoms with Crippen molar-refractivity contribution in [2.45, 2.75) is 0 Å². The third kappa shape index (κ3) is 2.24. The van der Waals surface area contributed by atoms with Crippen LogP contribution in [0.3, 0.4) is 0 Å². The molecule has 0 fully saturated rings. The Bertz CT molecular complexity index is 211. The summed E-state index contributed by atoms with van der Waals surface area (Å²) in [5.41, 5.74) is -0.718. The van der Waals surface area contributed by atoms with E-state index >= 15 is 0 Å². The predicted molar refractivity (Wildman–Crippen MR) is 27.1 cm³/mol. The number of carbonyl (C=O) groups excluding carboxylic acids is 2. The Morgan fingerprint density at radius 2 is 2.00 bits per heavy atom. The molecule has 0 aliphatic carbocycles. The van der Waals surface area contributed by atoms with Crippen molar-refractivity contribution in [3.63, 3.8) is 0 Å². The van der Waals surface area contributed by atoms with Crippen LogP contribution in [0.5, 0.6) is 0 Å². The van der Waals surface area contributed by atoms with Gasteiger partial charge >= 0.3 is 5.97 Å². The fraction of sp³-hybridized carbons (Fsp3) is 0. The normalized spacial score (nSPS) is 6.67. The second kappa shape index (κ2) is 3.38. The molecule has 0 aromatic rings. The Labute approximate surface area is 50.1 Å². The van der Waals surface area contributed by atoms with Crippen LogP contribution in [0.4, 0.5) is 0 Å². The molecule has 9 heavy (non-hydrogen) atoms. The van der Waals surface area contributed by atoms with Crippen LogP contribution in [-0.2, 0) is 14.4 Å². The van der Waals surface area contributed by atoms with E-state index in [1.54, 1.807) is 0 Å². The lowest BCUT2D eigenvalue weighted by Crippen LogP contribution is -1.97. The fourth-order valence-electron chi connectivity index (χ4n) is 0.194. The van der Waals surface area contributed by atoms with Gasteiger partial charge in [0.25, 0.3) is 0 Å². The molecule has 0 aromatic carbocycles. The summed E-state index contributed by atoms with van der Waals surface area (Å²) in [6, 6.07) is 0. The van der Waals surface area contributed by atoms with Gasteiger partial charge in [-0.25, -0.2) is 14.4 Å². The Morgan fingerprint density at radius 1 is 1.44 bits per heavy atom. The summed E-state index contributed by atoms with van der Waals surface area (Å²) < 4.78 is 0. The van der Waals surface area contributed by atoms with Crippen molar-refractivity contribution in [2.75, 3.05) is 0 Å². The SMILES string of the molecule is O=C=CC(=C=O)C(=O)O. The van der Waals surface area contributed by atoms with E-state index in [-0.39, 0.29) is 0 Å². The molecule has 1 N–H and O–H groups in total. The predicted octanol–water partition coefficient (Wildman–Crippen LogP) is -0.783. The van der Waals surface area contributed by atoms with Crippen molar-refractivity contribution in [1.29, 1.82) is 0 Å². The molecule has 0 atom stereocenters. The first-order valence-corrected chi connectivity index (χ1v) is 1.91. The standard InChI is InChI=1S/C5H2O4/c6-2-1-4(3-7)5(8)9/h1H,(H,8,9). The van der Waals surface area contributed by atoms with Gasteiger partial charge in [0.05, 0.1) is 0 Å². The van der Waals surface area contributed by atoms with Gasteiger partial charge in [-0.05, 0) is 0 Å². The van der Waals surface area contributed by atoms with Crippen LogP contribution in [0.15, 0.2) is 11.6 Å². The number of carboxylic acid groups (broad SMARTS) is 1. The highest BCUT2D eigenvalue weighted by Gasteiger charge is 2.02. The van der Waals surface area contributed by atoms with Crippen LogP contribution in [0, 0.1) is 0 Å². The zero-order chi connectivity index (χ0) is 7.28. The minimum absolute atomic E-state index is 0.509. The van der Waals surface area contributed by atoms with E-state index in [4.69, 9.17) is 5.11 Å². The second-order valence-corrected chi connectivity index (χ2v) is 1.08. The Kier molecular flexibility index (Phi) is 2.77. The van der Waals surface area contributed by atoms with Crippen LogP contribution in [0.2, 0.25) is 0 Å². The van der Waals surface area contributed by atoms with E-state index in [1.807, 2.05) is 0 Å². The summed E-state index contributed by atoms with van der Waals surface area (Å²) in [5, 5.41) is 7.99. The first-order valence-electron chi connectivity index (χ1n) is 1.91. The molecule has 0 spiro atoms. The van der Waals surface area contributed by atoms with Crippen LogP contribution >= 0.6 is 0 Å². The molecule has 0 bridgehead atoms. The van der Waals surface area contributed by atoms with Gasteiger partial charge in [0.2, 0.25) is 0 Å². The molecular formula is C5H2O4. The van der Waals surface area contributed by atoms with Crippen LogP contribution in [-0.4, -0.2) is 23.0 Å². The zero-order valence-corrected chi connectivity index (χ0v) is 4.25. The quantitative estimate of drug-likeness (QED) is 0.299. The molecule has 0 radical (unpaired) electrons. The monoisotopic (exact) mass is 126 g/mol. The molecule has 0 saturated heterocycles. The summed E-state index contributed by atoms with van der Waals surface area (Å²) in [6.07, 6.45) is 0.509. The summed E-state index contributed by atoms with van der Waals surface area (Å²) in [6.45, 7) is 0. The average Bonchev–Trinajstić information content (AvgIpc) is 1.82. The summed E-state index contributed by atoms with van der Waals surface area (Å²) in [4.78, 5) is 28.8. The minimum atomic E-state index is -1.48. The molecule has 0 aliphatic heterocycles. The molecule has 0 rings (SSSR count). The largest absolute Gasteiger partial charge is 0.477 e. The number of carboxylic acids is 1. The van der Waals surface area contributed by atoms with Gasteiger partial charge in [-0.2, -0.15) is 0 Å². The molecule has 0 saturated carbocycles. The third-order valence-corrected chi connectivity index (χ3v) is 0.544. The van der Waals surface area contributed by atoms with E-state index in [1.165, 1.54) is 0 Å². The van der Waals surface area contributed by atoms with E-state index in [9.17, 15) is 14.4 Å². The lowest BCUT2D eigenvalue weighted by Gasteiger charge is -1.78. The molecule has 46 valence electrons. The van der Waals surface area contributed by atoms with E-state index in [2.05, 4.69) is 0 Å². The third-order valence-electron chi connectivity index (χ3n) is 0.544. The minimum Gasteiger partial charge on any atom is -0.477 e. The molecule has 4 heteroatoms. The topological polar surface area (TPSA) is 71.4 Å². The number of carbonyl (C=O) groups is 1. The number of aliphatic carboxylic acids is 1. The second-order valence-electron chi connectivity index (χ2n) is 1.08. The summed E-state index contributed by atoms with van der Waals surface area (Å²) in [5.74, 6) is 0.718. The van der Waals surface area contributed by atoms with Crippen molar-refractivity contribution < 1.29 is 19.5 Å². The molecule has 0 aliphatic rings. The van der Waals surface area contributed by atoms with Gasteiger partial charge in [-0.1, -0.05) is 0 Å². The van der Waals surface area contributed by atoms with Gasteiger partial charge in [0, 0.05) is 6.08 Å². The van der Waals surface area contributed by atoms with E-state index in [0.717, 1.165) is 11.9 Å². The van der Waals surface area contributed by atoms with Crippen LogP contribution in [0.1, 0.15) is 0 Å². The molecule has 0 heterocycles. The number of hydrogen-bond acceptors (Lipinski definition) is 3. The first-order chi connectivity index (χ1) is 4.22. The highest BCUT2D eigenvalue weighted by atomic mass is 16.4. The maximum absolute atomic E-state index is 9.81. The molecular weight excluding hydrogens is 124 g/mol. The highest BCUT2D eigenvalue weighted by Crippen LogP contribution is 1.85. The van der Waals surface area contributed by atoms with Crippen molar-refractivity contribution >= 4 is 17.9 Å². The maximum atomic E-state index is 9.81. The van der Waals surface area contributed by atoms with Crippen molar-refractivity contribution in [3.05, 3.63) is 11.6 Å². The van der Waals surface area contributed by atoms with Crippen LogP contribution < -0.4 is 0 Å². The average molecular weight is 126 g/mol. The molecule has 0 amide bonds. The number of rotatable bonds is 2. The molecule has 0 aromatic heterocycles. The van der Waals surface area contributed by atoms with Crippen molar-refractivity contribution in [3.8, 4) is 0 Å². The fourth-order valence-corrected chi connectivity index (χ4v) is 0.194. The zero-order valence-electron chi connectivity index (χ0n) is 4.25. The maximum Gasteiger partial charge on any atom is 0.347 e. The highest BCUT2D eigenvalue weighted by molar-refractivity contribution is 6.00. The van der Waals surface area contributed by atoms with Gasteiger partial charge in [-0.15, -0.1) is 0 Å². The lowest BCUT2D eigenvalue weighted by atomic mass is 10.3. The Balaban J connectivity index is 4.58. The van der Waals surface area contributed by atoms with Gasteiger partial charge in [0.15, 0.2) is 5.57 Å². The van der Waals surface area contributed by atoms with E-state index in [0.29, 0.717) is 6.08 Å². The first kappa shape index (κ1) is 7.37. The molecule has 4 nitrogen and oxygen atoms in total. The smallest absolute Gasteiger partial charge is 0.347 e. The van der Waals surface area contributed by atoms with Crippen molar-refractivity contribution in [1.82, 2.24) is 0 Å². The van der Waals surface area contributed by atoms with Crippen LogP contribution in [0.25, 0.3) is 0 Å². The van der Waals surface area contributed by atoms with Gasteiger partial charge < -0.3 is 5.11 Å². The number of hydrogen-bond donors (Lipinski definition) is 1. The van der Waals surface area contributed by atoms with Gasteiger partial charge in [0.1, 0.15) is 11.9 Å². The lowest BCUT2D eigenvalue weighted by molar-refractivity contribution is -0.132. The molecule has 0 unspecified atom stereocenters. The summed E-state index contributed by atoms with van der Waals surface area (Å²) in [7, 11) is 0. The Hall–Kier alpha value is -1.63. The Morgan fingerprint density at radius 3 is 2.11 bits per heavy atom. The van der Waals surface area contributed by atoms with Crippen molar-refractivity contribution in [2.24, 2.45) is 0 Å². The van der Waals surface area contributed by atoms with Gasteiger partial charge in [-0.3, -0.25) is 0 Å². The van der Waals surface area contributed by atoms with E-state index < -0.39 is 11.5 Å². The summed E-state index contributed by atoms with van der Waals surface area (Å²) >= 11 is 0.